The maximum Gasteiger partial charge on any atom is 0.314 e. The molecular formula is C13H15ClO5S. The number of aliphatic carboxylic acids is 1. The summed E-state index contributed by atoms with van der Waals surface area (Å²) in [5.74, 6) is -2.23. The summed E-state index contributed by atoms with van der Waals surface area (Å²) >= 11 is 5.87. The fraction of sp³-hybridized carbons (Fsp3) is 0.462. The highest BCUT2D eigenvalue weighted by molar-refractivity contribution is 7.92. The van der Waals surface area contributed by atoms with Crippen molar-refractivity contribution in [3.05, 3.63) is 34.9 Å². The van der Waals surface area contributed by atoms with Crippen LogP contribution in [-0.4, -0.2) is 42.2 Å². The quantitative estimate of drug-likeness (QED) is 0.854. The van der Waals surface area contributed by atoms with Crippen molar-refractivity contribution in [2.75, 3.05) is 12.4 Å². The zero-order chi connectivity index (χ0) is 15.1. The molecule has 7 heteroatoms. The smallest absolute Gasteiger partial charge is 0.314 e. The molecule has 1 aliphatic rings. The van der Waals surface area contributed by atoms with E-state index in [0.717, 1.165) is 0 Å². The molecule has 0 heterocycles. The van der Waals surface area contributed by atoms with Crippen LogP contribution in [0.2, 0.25) is 5.02 Å². The van der Waals surface area contributed by atoms with Gasteiger partial charge in [-0.1, -0.05) is 30.7 Å². The molecule has 1 aromatic carbocycles. The maximum absolute atomic E-state index is 12.1. The van der Waals surface area contributed by atoms with E-state index >= 15 is 0 Å². The van der Waals surface area contributed by atoms with Crippen LogP contribution in [0.15, 0.2) is 24.3 Å². The summed E-state index contributed by atoms with van der Waals surface area (Å²) in [6.45, 7) is 0.746. The van der Waals surface area contributed by atoms with Gasteiger partial charge in [0.1, 0.15) is 5.41 Å². The van der Waals surface area contributed by atoms with Crippen LogP contribution >= 0.6 is 11.6 Å². The van der Waals surface area contributed by atoms with Crippen molar-refractivity contribution < 1.29 is 23.4 Å². The van der Waals surface area contributed by atoms with E-state index < -0.39 is 39.0 Å². The van der Waals surface area contributed by atoms with Crippen molar-refractivity contribution in [2.24, 2.45) is 5.41 Å². The molecule has 0 amide bonds. The molecule has 1 fully saturated rings. The summed E-state index contributed by atoms with van der Waals surface area (Å²) < 4.78 is 24.2. The predicted molar refractivity (Wildman–Crippen MR) is 74.6 cm³/mol. The maximum atomic E-state index is 12.1. The molecule has 1 saturated carbocycles. The molecule has 0 aromatic heterocycles. The molecule has 0 aliphatic heterocycles. The topological polar surface area (TPSA) is 91.7 Å². The predicted octanol–water partition coefficient (Wildman–Crippen LogP) is 1.30. The number of hydrogen-bond acceptors (Lipinski definition) is 4. The first-order valence-corrected chi connectivity index (χ1v) is 8.22. The Labute approximate surface area is 122 Å². The first-order chi connectivity index (χ1) is 9.31. The highest BCUT2D eigenvalue weighted by atomic mass is 35.5. The lowest BCUT2D eigenvalue weighted by atomic mass is 10.0. The summed E-state index contributed by atoms with van der Waals surface area (Å²) in [5, 5.41) is 18.1. The second-order valence-corrected chi connectivity index (χ2v) is 7.76. The normalized spacial score (nSPS) is 29.1. The zero-order valence-electron chi connectivity index (χ0n) is 10.8. The SMILES string of the molecule is CCS(=O)(=O)C1C(c2cccc(Cl)c2)C1(CO)C(=O)O. The highest BCUT2D eigenvalue weighted by Crippen LogP contribution is 2.63. The van der Waals surface area contributed by atoms with Gasteiger partial charge in [-0.25, -0.2) is 8.42 Å². The number of carbonyl (C=O) groups is 1. The lowest BCUT2D eigenvalue weighted by Crippen LogP contribution is -2.28. The number of rotatable bonds is 5. The Morgan fingerprint density at radius 1 is 1.45 bits per heavy atom. The standard InChI is InChI=1S/C13H15ClO5S/c1-2-20(18,19)11-10(13(11,7-15)12(16)17)8-4-3-5-9(14)6-8/h3-6,10-11,15H,2,7H2,1H3,(H,16,17). The molecule has 1 aromatic rings. The third-order valence-electron chi connectivity index (χ3n) is 3.91. The largest absolute Gasteiger partial charge is 0.481 e. The van der Waals surface area contributed by atoms with Crippen LogP contribution < -0.4 is 0 Å². The molecule has 110 valence electrons. The van der Waals surface area contributed by atoms with Crippen molar-refractivity contribution >= 4 is 27.4 Å². The number of sulfone groups is 1. The van der Waals surface area contributed by atoms with E-state index in [9.17, 15) is 23.4 Å². The number of aliphatic hydroxyl groups is 1. The summed E-state index contributed by atoms with van der Waals surface area (Å²) in [6, 6.07) is 6.44. The number of benzene rings is 1. The van der Waals surface area contributed by atoms with Gasteiger partial charge in [0.2, 0.25) is 0 Å². The van der Waals surface area contributed by atoms with Gasteiger partial charge < -0.3 is 10.2 Å². The van der Waals surface area contributed by atoms with Gasteiger partial charge in [0.05, 0.1) is 11.9 Å². The monoisotopic (exact) mass is 318 g/mol. The van der Waals surface area contributed by atoms with E-state index in [1.54, 1.807) is 24.3 Å². The van der Waals surface area contributed by atoms with Gasteiger partial charge in [0, 0.05) is 16.7 Å². The minimum absolute atomic E-state index is 0.163. The average Bonchev–Trinajstić information content (AvgIpc) is 3.10. The molecule has 20 heavy (non-hydrogen) atoms. The van der Waals surface area contributed by atoms with Gasteiger partial charge in [-0.05, 0) is 17.7 Å². The van der Waals surface area contributed by atoms with Crippen LogP contribution in [0.4, 0.5) is 0 Å². The van der Waals surface area contributed by atoms with Crippen LogP contribution in [-0.2, 0) is 14.6 Å². The van der Waals surface area contributed by atoms with Crippen LogP contribution in [0.1, 0.15) is 18.4 Å². The molecule has 0 bridgehead atoms. The number of carboxylic acid groups (broad SMARTS) is 1. The van der Waals surface area contributed by atoms with E-state index in [-0.39, 0.29) is 5.75 Å². The van der Waals surface area contributed by atoms with Crippen LogP contribution in [0.3, 0.4) is 0 Å². The molecule has 5 nitrogen and oxygen atoms in total. The Kier molecular flexibility index (Phi) is 3.83. The Hall–Kier alpha value is -1.11. The summed E-state index contributed by atoms with van der Waals surface area (Å²) in [6.07, 6.45) is 0. The van der Waals surface area contributed by atoms with Crippen molar-refractivity contribution in [3.8, 4) is 0 Å². The van der Waals surface area contributed by atoms with Crippen molar-refractivity contribution in [2.45, 2.75) is 18.1 Å². The van der Waals surface area contributed by atoms with Crippen molar-refractivity contribution in [3.63, 3.8) is 0 Å². The van der Waals surface area contributed by atoms with Crippen LogP contribution in [0.25, 0.3) is 0 Å². The molecule has 3 unspecified atom stereocenters. The van der Waals surface area contributed by atoms with Crippen LogP contribution in [0, 0.1) is 5.41 Å². The molecule has 2 N–H and O–H groups in total. The van der Waals surface area contributed by atoms with Crippen LogP contribution in [0.5, 0.6) is 0 Å². The lowest BCUT2D eigenvalue weighted by Gasteiger charge is -2.08. The Morgan fingerprint density at radius 2 is 2.10 bits per heavy atom. The molecule has 2 rings (SSSR count). The third-order valence-corrected chi connectivity index (χ3v) is 6.42. The number of hydrogen-bond donors (Lipinski definition) is 2. The van der Waals surface area contributed by atoms with Gasteiger partial charge >= 0.3 is 5.97 Å². The first kappa shape index (κ1) is 15.3. The fourth-order valence-corrected chi connectivity index (χ4v) is 5.05. The Balaban J connectivity index is 2.54. The number of aliphatic hydroxyl groups excluding tert-OH is 1. The summed E-state index contributed by atoms with van der Waals surface area (Å²) in [4.78, 5) is 11.5. The lowest BCUT2D eigenvalue weighted by molar-refractivity contribution is -0.145. The van der Waals surface area contributed by atoms with E-state index in [1.807, 2.05) is 0 Å². The van der Waals surface area contributed by atoms with Gasteiger partial charge in [-0.3, -0.25) is 4.79 Å². The zero-order valence-corrected chi connectivity index (χ0v) is 12.4. The molecular weight excluding hydrogens is 304 g/mol. The molecule has 0 spiro atoms. The first-order valence-electron chi connectivity index (χ1n) is 6.12. The second kappa shape index (κ2) is 5.02. The van der Waals surface area contributed by atoms with E-state index in [0.29, 0.717) is 10.6 Å². The minimum atomic E-state index is -3.58. The average molecular weight is 319 g/mol. The van der Waals surface area contributed by atoms with Gasteiger partial charge in [0.15, 0.2) is 9.84 Å². The van der Waals surface area contributed by atoms with Gasteiger partial charge in [0.25, 0.3) is 0 Å². The molecule has 1 aliphatic carbocycles. The summed E-state index contributed by atoms with van der Waals surface area (Å²) in [5.41, 5.74) is -1.14. The third kappa shape index (κ3) is 2.12. The Morgan fingerprint density at radius 3 is 2.55 bits per heavy atom. The summed E-state index contributed by atoms with van der Waals surface area (Å²) in [7, 11) is -3.58. The van der Waals surface area contributed by atoms with Crippen molar-refractivity contribution in [1.29, 1.82) is 0 Å². The highest BCUT2D eigenvalue weighted by Gasteiger charge is 2.75. The Bertz CT molecular complexity index is 642. The number of halogens is 1. The van der Waals surface area contributed by atoms with Gasteiger partial charge in [-0.15, -0.1) is 0 Å². The fourth-order valence-electron chi connectivity index (χ4n) is 2.79. The van der Waals surface area contributed by atoms with E-state index in [4.69, 9.17) is 11.6 Å². The van der Waals surface area contributed by atoms with E-state index in [1.165, 1.54) is 6.92 Å². The van der Waals surface area contributed by atoms with Gasteiger partial charge in [-0.2, -0.15) is 0 Å². The molecule has 0 radical (unpaired) electrons. The number of carboxylic acids is 1. The minimum Gasteiger partial charge on any atom is -0.481 e. The van der Waals surface area contributed by atoms with E-state index in [2.05, 4.69) is 0 Å². The molecule has 3 atom stereocenters. The second-order valence-electron chi connectivity index (χ2n) is 4.91. The van der Waals surface area contributed by atoms with Crippen molar-refractivity contribution in [1.82, 2.24) is 0 Å². The molecule has 0 saturated heterocycles.